The maximum Gasteiger partial charge on any atom is 0.213 e. The van der Waals surface area contributed by atoms with Crippen molar-refractivity contribution in [3.05, 3.63) is 35.9 Å². The van der Waals surface area contributed by atoms with Crippen LogP contribution in [0.25, 0.3) is 0 Å². The van der Waals surface area contributed by atoms with Gasteiger partial charge in [-0.15, -0.1) is 24.0 Å². The molecule has 7 nitrogen and oxygen atoms in total. The van der Waals surface area contributed by atoms with E-state index >= 15 is 0 Å². The topological polar surface area (TPSA) is 91.8 Å². The smallest absolute Gasteiger partial charge is 0.213 e. The molecule has 0 spiro atoms. The number of aliphatic imine (C=N–C) groups is 1. The Kier molecular flexibility index (Phi) is 13.5. The minimum atomic E-state index is -3.24. The summed E-state index contributed by atoms with van der Waals surface area (Å²) >= 11 is 0. The van der Waals surface area contributed by atoms with Crippen molar-refractivity contribution in [2.24, 2.45) is 10.9 Å². The maximum absolute atomic E-state index is 12.1. The molecule has 0 amide bonds. The molecule has 0 radical (unpaired) electrons. The number of hydrogen-bond donors (Lipinski definition) is 3. The molecular formula is C21H37IN4O3S. The second kappa shape index (κ2) is 15.0. The lowest BCUT2D eigenvalue weighted by molar-refractivity contribution is 0.0652. The molecule has 1 unspecified atom stereocenters. The summed E-state index contributed by atoms with van der Waals surface area (Å²) in [5.74, 6) is 1.20. The van der Waals surface area contributed by atoms with Crippen LogP contribution in [0.2, 0.25) is 0 Å². The molecular weight excluding hydrogens is 515 g/mol. The van der Waals surface area contributed by atoms with Crippen LogP contribution >= 0.6 is 24.0 Å². The summed E-state index contributed by atoms with van der Waals surface area (Å²) in [4.78, 5) is 4.50. The zero-order valence-electron chi connectivity index (χ0n) is 18.1. The molecule has 172 valence electrons. The van der Waals surface area contributed by atoms with Gasteiger partial charge < -0.3 is 15.4 Å². The van der Waals surface area contributed by atoms with E-state index in [0.717, 1.165) is 31.4 Å². The highest BCUT2D eigenvalue weighted by Crippen LogP contribution is 2.25. The highest BCUT2D eigenvalue weighted by atomic mass is 127. The van der Waals surface area contributed by atoms with Crippen LogP contribution in [0, 0.1) is 5.92 Å². The van der Waals surface area contributed by atoms with Gasteiger partial charge in [0.25, 0.3) is 0 Å². The number of halogens is 1. The van der Waals surface area contributed by atoms with Crippen molar-refractivity contribution >= 4 is 40.0 Å². The van der Waals surface area contributed by atoms with E-state index in [2.05, 4.69) is 32.5 Å². The molecule has 1 atom stereocenters. The molecule has 30 heavy (non-hydrogen) atoms. The number of rotatable bonds is 13. The largest absolute Gasteiger partial charge is 0.374 e. The van der Waals surface area contributed by atoms with Crippen molar-refractivity contribution < 1.29 is 13.2 Å². The second-order valence-corrected chi connectivity index (χ2v) is 9.36. The third-order valence-corrected chi connectivity index (χ3v) is 6.38. The molecule has 3 N–H and O–H groups in total. The first kappa shape index (κ1) is 27.1. The SMILES string of the molecule is CCNC(=NCCCOC(C)c1ccccc1)NCCS(=O)(=O)NCC1CCC1.I. The fourth-order valence-electron chi connectivity index (χ4n) is 3.00. The Morgan fingerprint density at radius 3 is 2.60 bits per heavy atom. The van der Waals surface area contributed by atoms with Gasteiger partial charge in [0.2, 0.25) is 10.0 Å². The van der Waals surface area contributed by atoms with Crippen LogP contribution in [0.1, 0.15) is 51.2 Å². The zero-order chi connectivity index (χ0) is 21.0. The molecule has 1 fully saturated rings. The van der Waals surface area contributed by atoms with Crippen LogP contribution in [0.4, 0.5) is 0 Å². The van der Waals surface area contributed by atoms with Gasteiger partial charge in [0.1, 0.15) is 0 Å². The Morgan fingerprint density at radius 2 is 1.97 bits per heavy atom. The number of hydrogen-bond acceptors (Lipinski definition) is 4. The first-order valence-corrected chi connectivity index (χ1v) is 12.3. The molecule has 1 aliphatic carbocycles. The molecule has 0 bridgehead atoms. The summed E-state index contributed by atoms with van der Waals surface area (Å²) in [5, 5.41) is 6.24. The molecule has 0 aromatic heterocycles. The number of guanidine groups is 1. The standard InChI is InChI=1S/C21H36N4O3S.HI/c1-3-22-21(24-14-16-29(26,27)25-17-19-9-7-10-19)23-13-8-15-28-18(2)20-11-5-4-6-12-20;/h4-6,11-12,18-19,25H,3,7-10,13-17H2,1-2H3,(H2,22,23,24);1H. The van der Waals surface area contributed by atoms with Gasteiger partial charge in [0.15, 0.2) is 5.96 Å². The Hall–Kier alpha value is -0.910. The monoisotopic (exact) mass is 552 g/mol. The number of nitrogens with zero attached hydrogens (tertiary/aromatic N) is 1. The minimum absolute atomic E-state index is 0. The van der Waals surface area contributed by atoms with E-state index in [0.29, 0.717) is 38.1 Å². The Labute approximate surface area is 198 Å². The molecule has 0 heterocycles. The normalized spacial score (nSPS) is 15.7. The van der Waals surface area contributed by atoms with Gasteiger partial charge in [-0.2, -0.15) is 0 Å². The quantitative estimate of drug-likeness (QED) is 0.152. The number of sulfonamides is 1. The minimum Gasteiger partial charge on any atom is -0.374 e. The number of nitrogens with one attached hydrogen (secondary N) is 3. The van der Waals surface area contributed by atoms with Crippen molar-refractivity contribution in [1.29, 1.82) is 0 Å². The van der Waals surface area contributed by atoms with Crippen LogP contribution < -0.4 is 15.4 Å². The lowest BCUT2D eigenvalue weighted by Crippen LogP contribution is -2.42. The van der Waals surface area contributed by atoms with Gasteiger partial charge in [0.05, 0.1) is 11.9 Å². The van der Waals surface area contributed by atoms with Gasteiger partial charge in [-0.3, -0.25) is 4.99 Å². The summed E-state index contributed by atoms with van der Waals surface area (Å²) in [7, 11) is -3.24. The zero-order valence-corrected chi connectivity index (χ0v) is 21.2. The van der Waals surface area contributed by atoms with Crippen molar-refractivity contribution in [3.63, 3.8) is 0 Å². The van der Waals surface area contributed by atoms with Crippen LogP contribution in [0.5, 0.6) is 0 Å². The third kappa shape index (κ3) is 10.9. The molecule has 1 saturated carbocycles. The second-order valence-electron chi connectivity index (χ2n) is 7.43. The predicted molar refractivity (Wildman–Crippen MR) is 134 cm³/mol. The van der Waals surface area contributed by atoms with Gasteiger partial charge in [-0.05, 0) is 44.6 Å². The lowest BCUT2D eigenvalue weighted by atomic mass is 9.86. The van der Waals surface area contributed by atoms with Gasteiger partial charge in [0, 0.05) is 32.8 Å². The third-order valence-electron chi connectivity index (χ3n) is 5.03. The first-order chi connectivity index (χ1) is 14.0. The average Bonchev–Trinajstić information content (AvgIpc) is 2.66. The summed E-state index contributed by atoms with van der Waals surface area (Å²) < 4.78 is 32.7. The van der Waals surface area contributed by atoms with Crippen LogP contribution in [-0.2, 0) is 14.8 Å². The lowest BCUT2D eigenvalue weighted by Gasteiger charge is -2.25. The summed E-state index contributed by atoms with van der Waals surface area (Å²) in [5.41, 5.74) is 1.16. The highest BCUT2D eigenvalue weighted by Gasteiger charge is 2.20. The predicted octanol–water partition coefficient (Wildman–Crippen LogP) is 3.05. The molecule has 0 aliphatic heterocycles. The van der Waals surface area contributed by atoms with Gasteiger partial charge >= 0.3 is 0 Å². The van der Waals surface area contributed by atoms with Crippen LogP contribution in [-0.4, -0.2) is 52.9 Å². The summed E-state index contributed by atoms with van der Waals surface area (Å²) in [6, 6.07) is 10.1. The number of benzene rings is 1. The Balaban J connectivity index is 0.00000450. The molecule has 2 rings (SSSR count). The average molecular weight is 553 g/mol. The first-order valence-electron chi connectivity index (χ1n) is 10.7. The van der Waals surface area contributed by atoms with Crippen molar-refractivity contribution in [2.45, 2.75) is 45.6 Å². The molecule has 1 aromatic carbocycles. The van der Waals surface area contributed by atoms with Crippen molar-refractivity contribution in [2.75, 3.05) is 38.5 Å². The van der Waals surface area contributed by atoms with E-state index in [9.17, 15) is 8.42 Å². The van der Waals surface area contributed by atoms with E-state index in [1.165, 1.54) is 6.42 Å². The van der Waals surface area contributed by atoms with E-state index in [4.69, 9.17) is 4.74 Å². The Morgan fingerprint density at radius 1 is 1.23 bits per heavy atom. The van der Waals surface area contributed by atoms with E-state index in [1.54, 1.807) is 0 Å². The highest BCUT2D eigenvalue weighted by molar-refractivity contribution is 14.0. The van der Waals surface area contributed by atoms with Crippen molar-refractivity contribution in [3.8, 4) is 0 Å². The fourth-order valence-corrected chi connectivity index (χ4v) is 4.00. The van der Waals surface area contributed by atoms with Crippen LogP contribution in [0.3, 0.4) is 0 Å². The summed E-state index contributed by atoms with van der Waals surface area (Å²) in [6.07, 6.45) is 4.34. The van der Waals surface area contributed by atoms with Gasteiger partial charge in [-0.1, -0.05) is 36.8 Å². The Bertz CT molecular complexity index is 712. The van der Waals surface area contributed by atoms with Crippen LogP contribution in [0.15, 0.2) is 35.3 Å². The van der Waals surface area contributed by atoms with E-state index in [1.807, 2.05) is 32.0 Å². The number of ether oxygens (including phenoxy) is 1. The van der Waals surface area contributed by atoms with Gasteiger partial charge in [-0.25, -0.2) is 13.1 Å². The summed E-state index contributed by atoms with van der Waals surface area (Å²) in [6.45, 7) is 6.88. The van der Waals surface area contributed by atoms with Crippen molar-refractivity contribution in [1.82, 2.24) is 15.4 Å². The maximum atomic E-state index is 12.1. The molecule has 9 heteroatoms. The van der Waals surface area contributed by atoms with E-state index in [-0.39, 0.29) is 35.8 Å². The van der Waals surface area contributed by atoms with E-state index < -0.39 is 10.0 Å². The fraction of sp³-hybridized carbons (Fsp3) is 0.667. The molecule has 1 aliphatic rings. The molecule has 0 saturated heterocycles. The molecule has 1 aromatic rings.